The minimum atomic E-state index is -4.67. The molecule has 312 valence electrons. The van der Waals surface area contributed by atoms with E-state index in [1.807, 2.05) is 12.2 Å². The highest BCUT2D eigenvalue weighted by molar-refractivity contribution is 7.47. The van der Waals surface area contributed by atoms with E-state index in [-0.39, 0.29) is 12.8 Å². The van der Waals surface area contributed by atoms with Crippen LogP contribution in [0.5, 0.6) is 0 Å². The van der Waals surface area contributed by atoms with Gasteiger partial charge in [0, 0.05) is 12.8 Å². The van der Waals surface area contributed by atoms with E-state index in [9.17, 15) is 29.3 Å². The SMILES string of the molecule is CCCCC/C=C\C/C=C\C/C=C\C=C\[C@H](O)CCCC(=O)O[C@H](COC(=O)CCCCCCC/C=C\CCCCCC)COP(=O)(O)OC[C@@H](O)CO. The number of phosphoric acid groups is 1. The fourth-order valence-corrected chi connectivity index (χ4v) is 5.82. The van der Waals surface area contributed by atoms with Crippen molar-refractivity contribution in [3.8, 4) is 0 Å². The molecule has 4 N–H and O–H groups in total. The summed E-state index contributed by atoms with van der Waals surface area (Å²) in [6.45, 7) is 2.08. The number of carbonyl (C=O) groups excluding carboxylic acids is 2. The van der Waals surface area contributed by atoms with Crippen LogP contribution in [0.1, 0.15) is 149 Å². The fourth-order valence-electron chi connectivity index (χ4n) is 5.03. The molecule has 0 aromatic heterocycles. The number of ether oxygens (including phenoxy) is 2. The Hall–Kier alpha value is -2.37. The predicted octanol–water partition coefficient (Wildman–Crippen LogP) is 9.30. The molecule has 0 amide bonds. The van der Waals surface area contributed by atoms with Gasteiger partial charge in [-0.05, 0) is 70.6 Å². The van der Waals surface area contributed by atoms with Crippen LogP contribution in [0, 0.1) is 0 Å². The number of aliphatic hydroxyl groups is 3. The quantitative estimate of drug-likeness (QED) is 0.0156. The Kier molecular flexibility index (Phi) is 35.9. The third-order valence-corrected chi connectivity index (χ3v) is 9.20. The topological polar surface area (TPSA) is 169 Å². The first-order valence-electron chi connectivity index (χ1n) is 20.4. The molecule has 0 aliphatic carbocycles. The molecule has 11 nitrogen and oxygen atoms in total. The predicted molar refractivity (Wildman–Crippen MR) is 216 cm³/mol. The number of hydrogen-bond acceptors (Lipinski definition) is 10. The largest absolute Gasteiger partial charge is 0.472 e. The lowest BCUT2D eigenvalue weighted by Crippen LogP contribution is -2.30. The van der Waals surface area contributed by atoms with E-state index in [2.05, 4.69) is 54.8 Å². The first-order valence-corrected chi connectivity index (χ1v) is 21.8. The van der Waals surface area contributed by atoms with Gasteiger partial charge >= 0.3 is 19.8 Å². The molecule has 0 spiro atoms. The molecule has 0 bridgehead atoms. The van der Waals surface area contributed by atoms with E-state index in [0.717, 1.165) is 57.8 Å². The molecule has 0 aliphatic heterocycles. The zero-order valence-electron chi connectivity index (χ0n) is 33.3. The summed E-state index contributed by atoms with van der Waals surface area (Å²) in [5.74, 6) is -1.14. The molecule has 0 aromatic rings. The summed E-state index contributed by atoms with van der Waals surface area (Å²) in [7, 11) is -4.67. The lowest BCUT2D eigenvalue weighted by atomic mass is 10.1. The number of hydrogen-bond donors (Lipinski definition) is 4. The molecular weight excluding hydrogens is 711 g/mol. The van der Waals surface area contributed by atoms with E-state index < -0.39 is 64.5 Å². The van der Waals surface area contributed by atoms with Crippen LogP contribution < -0.4 is 0 Å². The monoisotopic (exact) mass is 784 g/mol. The summed E-state index contributed by atoms with van der Waals surface area (Å²) in [6.07, 6.45) is 36.5. The van der Waals surface area contributed by atoms with Crippen molar-refractivity contribution < 1.29 is 52.9 Å². The fraction of sp³-hybridized carbons (Fsp3) is 0.714. The lowest BCUT2D eigenvalue weighted by Gasteiger charge is -2.20. The minimum Gasteiger partial charge on any atom is -0.462 e. The van der Waals surface area contributed by atoms with Crippen molar-refractivity contribution in [2.45, 2.75) is 167 Å². The second-order valence-electron chi connectivity index (χ2n) is 13.5. The van der Waals surface area contributed by atoms with Crippen molar-refractivity contribution in [2.75, 3.05) is 26.4 Å². The van der Waals surface area contributed by atoms with Crippen molar-refractivity contribution >= 4 is 19.8 Å². The Morgan fingerprint density at radius 2 is 1.17 bits per heavy atom. The first kappa shape index (κ1) is 51.6. The molecule has 1 unspecified atom stereocenters. The van der Waals surface area contributed by atoms with E-state index in [1.165, 1.54) is 44.9 Å². The Morgan fingerprint density at radius 3 is 1.85 bits per heavy atom. The summed E-state index contributed by atoms with van der Waals surface area (Å²) in [6, 6.07) is 0. The van der Waals surface area contributed by atoms with Gasteiger partial charge in [0.25, 0.3) is 0 Å². The third kappa shape index (κ3) is 36.6. The molecule has 54 heavy (non-hydrogen) atoms. The van der Waals surface area contributed by atoms with E-state index >= 15 is 0 Å². The maximum Gasteiger partial charge on any atom is 0.472 e. The van der Waals surface area contributed by atoms with Gasteiger partial charge in [-0.3, -0.25) is 18.6 Å². The average Bonchev–Trinajstić information content (AvgIpc) is 3.15. The zero-order chi connectivity index (χ0) is 40.0. The second kappa shape index (κ2) is 37.5. The molecule has 0 radical (unpaired) electrons. The molecule has 0 fully saturated rings. The Labute approximate surface area is 326 Å². The van der Waals surface area contributed by atoms with Crippen LogP contribution in [0.2, 0.25) is 0 Å². The molecule has 0 heterocycles. The van der Waals surface area contributed by atoms with Crippen LogP contribution >= 0.6 is 7.82 Å². The normalized spacial score (nSPS) is 15.1. The molecule has 0 saturated heterocycles. The highest BCUT2D eigenvalue weighted by Gasteiger charge is 2.27. The van der Waals surface area contributed by atoms with Gasteiger partial charge in [-0.2, -0.15) is 0 Å². The van der Waals surface area contributed by atoms with Gasteiger partial charge < -0.3 is 29.7 Å². The van der Waals surface area contributed by atoms with Gasteiger partial charge in [-0.15, -0.1) is 0 Å². The highest BCUT2D eigenvalue weighted by atomic mass is 31.2. The second-order valence-corrected chi connectivity index (χ2v) is 15.0. The van der Waals surface area contributed by atoms with Crippen molar-refractivity contribution in [3.63, 3.8) is 0 Å². The molecule has 0 saturated carbocycles. The molecule has 12 heteroatoms. The number of esters is 2. The molecular formula is C42H73O11P. The maximum absolute atomic E-state index is 12.6. The summed E-state index contributed by atoms with van der Waals surface area (Å²) >= 11 is 0. The van der Waals surface area contributed by atoms with Crippen LogP contribution in [-0.4, -0.2) is 76.9 Å². The summed E-state index contributed by atoms with van der Waals surface area (Å²) in [5, 5.41) is 28.6. The van der Waals surface area contributed by atoms with Crippen molar-refractivity contribution in [2.24, 2.45) is 0 Å². The summed E-state index contributed by atoms with van der Waals surface area (Å²) < 4.78 is 32.5. The van der Waals surface area contributed by atoms with Crippen LogP contribution in [-0.2, 0) is 32.7 Å². The Morgan fingerprint density at radius 1 is 0.630 bits per heavy atom. The number of phosphoric ester groups is 1. The molecule has 0 aromatic carbocycles. The number of allylic oxidation sites excluding steroid dienone is 9. The lowest BCUT2D eigenvalue weighted by molar-refractivity contribution is -0.161. The van der Waals surface area contributed by atoms with Gasteiger partial charge in [0.1, 0.15) is 12.7 Å². The number of aliphatic hydroxyl groups excluding tert-OH is 3. The molecule has 0 rings (SSSR count). The standard InChI is InChI=1S/C42H73O11P/c1-3-5-7-9-11-13-15-17-19-21-23-25-27-30-38(44)31-29-33-42(47)53-40(37-52-54(48,49)51-35-39(45)34-43)36-50-41(46)32-28-26-24-22-20-18-16-14-12-10-8-6-4-2/h11,13-14,16-17,19,23,25,27,30,38-40,43-45H,3-10,12,15,18,20-22,24,26,28-29,31-37H2,1-2H3,(H,48,49)/b13-11-,16-14-,19-17-,25-23-,30-27+/t38-,39-,40+/m0/s1. The van der Waals surface area contributed by atoms with E-state index in [4.69, 9.17) is 19.1 Å². The van der Waals surface area contributed by atoms with Gasteiger partial charge in [-0.25, -0.2) is 4.57 Å². The van der Waals surface area contributed by atoms with E-state index in [0.29, 0.717) is 19.3 Å². The van der Waals surface area contributed by atoms with Crippen LogP contribution in [0.15, 0.2) is 60.8 Å². The van der Waals surface area contributed by atoms with Gasteiger partial charge in [0.2, 0.25) is 0 Å². The van der Waals surface area contributed by atoms with Crippen molar-refractivity contribution in [1.29, 1.82) is 0 Å². The smallest absolute Gasteiger partial charge is 0.462 e. The first-order chi connectivity index (χ1) is 26.1. The summed E-state index contributed by atoms with van der Waals surface area (Å²) in [5.41, 5.74) is 0. The molecule has 4 atom stereocenters. The van der Waals surface area contributed by atoms with Gasteiger partial charge in [0.15, 0.2) is 6.10 Å². The Balaban J connectivity index is 4.58. The summed E-state index contributed by atoms with van der Waals surface area (Å²) in [4.78, 5) is 34.9. The minimum absolute atomic E-state index is 0.0479. The average molecular weight is 785 g/mol. The van der Waals surface area contributed by atoms with Gasteiger partial charge in [0.05, 0.1) is 25.9 Å². The zero-order valence-corrected chi connectivity index (χ0v) is 34.2. The van der Waals surface area contributed by atoms with Gasteiger partial charge in [-0.1, -0.05) is 126 Å². The number of unbranched alkanes of at least 4 members (excludes halogenated alkanes) is 12. The Bertz CT molecular complexity index is 1100. The number of rotatable bonds is 37. The highest BCUT2D eigenvalue weighted by Crippen LogP contribution is 2.43. The van der Waals surface area contributed by atoms with Crippen LogP contribution in [0.25, 0.3) is 0 Å². The van der Waals surface area contributed by atoms with Crippen LogP contribution in [0.3, 0.4) is 0 Å². The maximum atomic E-state index is 12.6. The number of carbonyl (C=O) groups is 2. The molecule has 0 aliphatic rings. The van der Waals surface area contributed by atoms with Crippen molar-refractivity contribution in [1.82, 2.24) is 0 Å². The van der Waals surface area contributed by atoms with E-state index in [1.54, 1.807) is 12.2 Å². The van der Waals surface area contributed by atoms with Crippen molar-refractivity contribution in [3.05, 3.63) is 60.8 Å². The van der Waals surface area contributed by atoms with Crippen LogP contribution in [0.4, 0.5) is 0 Å². The third-order valence-electron chi connectivity index (χ3n) is 8.25.